The summed E-state index contributed by atoms with van der Waals surface area (Å²) in [5.41, 5.74) is 0.0815. The highest BCUT2D eigenvalue weighted by atomic mass is 32.2. The second-order valence-electron chi connectivity index (χ2n) is 6.37. The number of carbonyl (C=O) groups excluding carboxylic acids is 1. The SMILES string of the molecule is CCCCOC(=O)c1c(C)nn(C)c1S(=O)(=O)/N=c1\nc2nc(OC)cc(OC)n2s1. The Kier molecular flexibility index (Phi) is 6.59. The monoisotopic (exact) mass is 470 g/mol. The predicted molar refractivity (Wildman–Crippen MR) is 110 cm³/mol. The Balaban J connectivity index is 2.11. The Bertz CT molecular complexity index is 1290. The van der Waals surface area contributed by atoms with Gasteiger partial charge in [-0.05, 0) is 24.9 Å². The fourth-order valence-electron chi connectivity index (χ4n) is 2.76. The van der Waals surface area contributed by atoms with Crippen molar-refractivity contribution >= 4 is 33.3 Å². The molecule has 0 radical (unpaired) electrons. The molecular weight excluding hydrogens is 448 g/mol. The Morgan fingerprint density at radius 1 is 1.26 bits per heavy atom. The summed E-state index contributed by atoms with van der Waals surface area (Å²) >= 11 is 0.904. The van der Waals surface area contributed by atoms with E-state index in [1.807, 2.05) is 6.92 Å². The number of fused-ring (bicyclic) bond motifs is 1. The number of esters is 1. The lowest BCUT2D eigenvalue weighted by Gasteiger charge is -2.05. The molecule has 168 valence electrons. The molecule has 0 amide bonds. The van der Waals surface area contributed by atoms with Crippen LogP contribution in [0.4, 0.5) is 0 Å². The van der Waals surface area contributed by atoms with E-state index in [0.29, 0.717) is 12.3 Å². The fourth-order valence-corrected chi connectivity index (χ4v) is 5.05. The number of unbranched alkanes of at least 4 members (excludes halogenated alkanes) is 1. The van der Waals surface area contributed by atoms with Crippen molar-refractivity contribution in [3.8, 4) is 11.8 Å². The number of hydrogen-bond donors (Lipinski definition) is 0. The summed E-state index contributed by atoms with van der Waals surface area (Å²) in [6.07, 6.45) is 1.50. The zero-order valence-corrected chi connectivity index (χ0v) is 19.3. The summed E-state index contributed by atoms with van der Waals surface area (Å²) in [5.74, 6) is -0.0270. The van der Waals surface area contributed by atoms with Gasteiger partial charge in [-0.15, -0.1) is 4.40 Å². The first kappa shape index (κ1) is 22.7. The first-order chi connectivity index (χ1) is 14.7. The minimum Gasteiger partial charge on any atom is -0.481 e. The molecule has 3 aromatic rings. The van der Waals surface area contributed by atoms with Crippen LogP contribution in [0.1, 0.15) is 35.8 Å². The molecule has 0 aliphatic rings. The van der Waals surface area contributed by atoms with Crippen LogP contribution in [0.2, 0.25) is 0 Å². The van der Waals surface area contributed by atoms with Gasteiger partial charge in [0.05, 0.1) is 32.6 Å². The zero-order valence-electron chi connectivity index (χ0n) is 17.6. The number of carbonyl (C=O) groups is 1. The molecular formula is C17H22N6O6S2. The van der Waals surface area contributed by atoms with Gasteiger partial charge in [0.25, 0.3) is 5.78 Å². The molecule has 0 spiro atoms. The molecule has 0 atom stereocenters. The lowest BCUT2D eigenvalue weighted by atomic mass is 10.3. The maximum atomic E-state index is 13.1. The summed E-state index contributed by atoms with van der Waals surface area (Å²) in [5, 5.41) is 3.70. The first-order valence-corrected chi connectivity index (χ1v) is 11.4. The molecule has 3 heterocycles. The summed E-state index contributed by atoms with van der Waals surface area (Å²) in [6, 6.07) is 1.53. The molecule has 0 saturated heterocycles. The topological polar surface area (TPSA) is 139 Å². The van der Waals surface area contributed by atoms with E-state index in [9.17, 15) is 13.2 Å². The molecule has 0 aliphatic carbocycles. The maximum absolute atomic E-state index is 13.1. The maximum Gasteiger partial charge on any atom is 0.343 e. The number of hydrogen-bond acceptors (Lipinski definition) is 10. The standard InChI is InChI=1S/C17H22N6O6S2/c1-6-7-8-29-15(24)13-10(2)20-22(3)14(13)31(25,26)21-17-19-16-18-11(27-4)9-12(28-5)23(16)30-17/h9H,6-8H2,1-5H3/b21-17+. The third kappa shape index (κ3) is 4.54. The van der Waals surface area contributed by atoms with Crippen LogP contribution in [0, 0.1) is 6.92 Å². The van der Waals surface area contributed by atoms with Crippen molar-refractivity contribution in [2.45, 2.75) is 31.7 Å². The zero-order chi connectivity index (χ0) is 22.8. The van der Waals surface area contributed by atoms with Gasteiger partial charge in [-0.2, -0.15) is 27.3 Å². The number of ether oxygens (including phenoxy) is 3. The van der Waals surface area contributed by atoms with E-state index in [1.165, 1.54) is 38.0 Å². The highest BCUT2D eigenvalue weighted by Crippen LogP contribution is 2.23. The molecule has 12 nitrogen and oxygen atoms in total. The molecule has 3 aromatic heterocycles. The van der Waals surface area contributed by atoms with Gasteiger partial charge in [-0.3, -0.25) is 4.68 Å². The van der Waals surface area contributed by atoms with Crippen LogP contribution >= 0.6 is 11.5 Å². The summed E-state index contributed by atoms with van der Waals surface area (Å²) in [7, 11) is -0.0510. The lowest BCUT2D eigenvalue weighted by molar-refractivity contribution is 0.0494. The predicted octanol–water partition coefficient (Wildman–Crippen LogP) is 1.10. The van der Waals surface area contributed by atoms with E-state index in [-0.39, 0.29) is 39.3 Å². The van der Waals surface area contributed by atoms with Crippen molar-refractivity contribution in [1.29, 1.82) is 0 Å². The minimum atomic E-state index is -4.35. The van der Waals surface area contributed by atoms with Crippen molar-refractivity contribution < 1.29 is 27.4 Å². The van der Waals surface area contributed by atoms with Crippen LogP contribution in [-0.4, -0.2) is 58.8 Å². The van der Waals surface area contributed by atoms with Crippen molar-refractivity contribution in [1.82, 2.24) is 23.5 Å². The van der Waals surface area contributed by atoms with Gasteiger partial charge < -0.3 is 14.2 Å². The van der Waals surface area contributed by atoms with Gasteiger partial charge in [-0.1, -0.05) is 13.3 Å². The molecule has 0 aliphatic heterocycles. The van der Waals surface area contributed by atoms with Crippen LogP contribution < -0.4 is 14.3 Å². The molecule has 14 heteroatoms. The second kappa shape index (κ2) is 9.01. The van der Waals surface area contributed by atoms with Gasteiger partial charge in [0, 0.05) is 7.05 Å². The number of methoxy groups -OCH3 is 2. The van der Waals surface area contributed by atoms with E-state index in [0.717, 1.165) is 22.6 Å². The molecule has 31 heavy (non-hydrogen) atoms. The van der Waals surface area contributed by atoms with E-state index in [2.05, 4.69) is 19.5 Å². The Hall–Kier alpha value is -3.00. The normalized spacial score (nSPS) is 12.4. The quantitative estimate of drug-likeness (QED) is 0.350. The highest BCUT2D eigenvalue weighted by molar-refractivity contribution is 7.90. The summed E-state index contributed by atoms with van der Waals surface area (Å²) < 4.78 is 48.1. The van der Waals surface area contributed by atoms with Crippen molar-refractivity contribution in [2.75, 3.05) is 20.8 Å². The third-order valence-corrected chi connectivity index (χ3v) is 6.53. The molecule has 0 fully saturated rings. The van der Waals surface area contributed by atoms with Crippen molar-refractivity contribution in [3.05, 3.63) is 22.1 Å². The molecule has 0 unspecified atom stereocenters. The largest absolute Gasteiger partial charge is 0.481 e. The van der Waals surface area contributed by atoms with Gasteiger partial charge in [-0.25, -0.2) is 4.79 Å². The molecule has 0 N–H and O–H groups in total. The second-order valence-corrected chi connectivity index (χ2v) is 8.80. The Labute approximate surface area is 182 Å². The molecule has 0 bridgehead atoms. The lowest BCUT2D eigenvalue weighted by Crippen LogP contribution is -2.15. The van der Waals surface area contributed by atoms with Crippen LogP contribution in [-0.2, 0) is 21.8 Å². The van der Waals surface area contributed by atoms with E-state index < -0.39 is 16.0 Å². The fraction of sp³-hybridized carbons (Fsp3) is 0.471. The number of aromatic nitrogens is 5. The van der Waals surface area contributed by atoms with Crippen LogP contribution in [0.25, 0.3) is 5.78 Å². The van der Waals surface area contributed by atoms with Gasteiger partial charge >= 0.3 is 16.0 Å². The van der Waals surface area contributed by atoms with Gasteiger partial charge in [0.15, 0.2) is 5.03 Å². The van der Waals surface area contributed by atoms with Crippen molar-refractivity contribution in [3.63, 3.8) is 0 Å². The van der Waals surface area contributed by atoms with Crippen molar-refractivity contribution in [2.24, 2.45) is 11.4 Å². The van der Waals surface area contributed by atoms with E-state index >= 15 is 0 Å². The highest BCUT2D eigenvalue weighted by Gasteiger charge is 2.31. The number of nitrogens with zero attached hydrogens (tertiary/aromatic N) is 6. The Morgan fingerprint density at radius 2 is 2.00 bits per heavy atom. The number of rotatable bonds is 8. The summed E-state index contributed by atoms with van der Waals surface area (Å²) in [6.45, 7) is 3.67. The minimum absolute atomic E-state index is 0.108. The van der Waals surface area contributed by atoms with E-state index in [1.54, 1.807) is 0 Å². The summed E-state index contributed by atoms with van der Waals surface area (Å²) in [4.78, 5) is 20.7. The number of aryl methyl sites for hydroxylation is 2. The smallest absolute Gasteiger partial charge is 0.343 e. The first-order valence-electron chi connectivity index (χ1n) is 9.22. The molecule has 0 saturated carbocycles. The number of sulfonamides is 1. The Morgan fingerprint density at radius 3 is 2.65 bits per heavy atom. The molecule has 0 aromatic carbocycles. The average Bonchev–Trinajstić information content (AvgIpc) is 3.25. The van der Waals surface area contributed by atoms with Gasteiger partial charge in [0.2, 0.25) is 16.6 Å². The third-order valence-electron chi connectivity index (χ3n) is 4.17. The van der Waals surface area contributed by atoms with E-state index in [4.69, 9.17) is 14.2 Å². The van der Waals surface area contributed by atoms with Crippen LogP contribution in [0.15, 0.2) is 15.5 Å². The van der Waals surface area contributed by atoms with Crippen LogP contribution in [0.5, 0.6) is 11.8 Å². The van der Waals surface area contributed by atoms with Gasteiger partial charge in [0.1, 0.15) is 5.56 Å². The average molecular weight is 471 g/mol. The van der Waals surface area contributed by atoms with Crippen LogP contribution in [0.3, 0.4) is 0 Å². The molecule has 3 rings (SSSR count).